The molecule has 1 amide bonds. The van der Waals surface area contributed by atoms with Crippen LogP contribution in [0, 0.1) is 0 Å². The fourth-order valence-electron chi connectivity index (χ4n) is 4.23. The minimum Gasteiger partial charge on any atom is -0.445 e. The van der Waals surface area contributed by atoms with Crippen LogP contribution in [-0.2, 0) is 4.74 Å². The number of nitrogens with zero attached hydrogens (tertiary/aromatic N) is 3. The van der Waals surface area contributed by atoms with E-state index in [0.717, 1.165) is 46.5 Å². The number of halogens is 1. The summed E-state index contributed by atoms with van der Waals surface area (Å²) in [6, 6.07) is 6.48. The van der Waals surface area contributed by atoms with Crippen molar-refractivity contribution in [1.82, 2.24) is 15.1 Å². The smallest absolute Gasteiger partial charge is 0.410 e. The third kappa shape index (κ3) is 3.58. The molecule has 2 bridgehead atoms. The Balaban J connectivity index is 1.45. The van der Waals surface area contributed by atoms with Gasteiger partial charge in [-0.1, -0.05) is 24.3 Å². The van der Waals surface area contributed by atoms with E-state index in [1.165, 1.54) is 11.3 Å². The van der Waals surface area contributed by atoms with Crippen molar-refractivity contribution < 1.29 is 9.53 Å². The number of hydrogen-bond acceptors (Lipinski definition) is 5. The molecule has 2 aliphatic rings. The number of piperidine rings is 1. The summed E-state index contributed by atoms with van der Waals surface area (Å²) < 4.78 is 6.04. The van der Waals surface area contributed by atoms with Gasteiger partial charge in [-0.3, -0.25) is 5.10 Å². The van der Waals surface area contributed by atoms with Gasteiger partial charge in [0.05, 0.1) is 15.0 Å². The van der Waals surface area contributed by atoms with Crippen LogP contribution in [0.1, 0.15) is 37.3 Å². The zero-order chi connectivity index (χ0) is 19.0. The summed E-state index contributed by atoms with van der Waals surface area (Å²) in [7, 11) is 2.00. The summed E-state index contributed by atoms with van der Waals surface area (Å²) in [5, 5.41) is 8.78. The minimum atomic E-state index is -0.210. The molecular weight excluding hydrogens is 384 g/mol. The number of fused-ring (bicyclic) bond motifs is 2. The second-order valence-corrected chi connectivity index (χ2v) is 8.83. The van der Waals surface area contributed by atoms with Gasteiger partial charge in [0.1, 0.15) is 12.4 Å². The van der Waals surface area contributed by atoms with Crippen LogP contribution in [0.25, 0.3) is 0 Å². The molecule has 27 heavy (non-hydrogen) atoms. The van der Waals surface area contributed by atoms with Crippen LogP contribution in [0.2, 0.25) is 4.34 Å². The van der Waals surface area contributed by atoms with Gasteiger partial charge < -0.3 is 14.5 Å². The third-order valence-corrected chi connectivity index (χ3v) is 6.83. The Morgan fingerprint density at radius 3 is 2.85 bits per heavy atom. The van der Waals surface area contributed by atoms with Gasteiger partial charge in [0.15, 0.2) is 0 Å². The Kier molecular flexibility index (Phi) is 5.14. The molecule has 2 unspecified atom stereocenters. The van der Waals surface area contributed by atoms with Gasteiger partial charge in [0.25, 0.3) is 0 Å². The van der Waals surface area contributed by atoms with Crippen molar-refractivity contribution in [3.63, 3.8) is 0 Å². The van der Waals surface area contributed by atoms with E-state index in [9.17, 15) is 4.79 Å². The van der Waals surface area contributed by atoms with Crippen LogP contribution in [0.5, 0.6) is 0 Å². The molecule has 4 heterocycles. The highest BCUT2D eigenvalue weighted by Gasteiger charge is 2.44. The van der Waals surface area contributed by atoms with E-state index in [1.807, 2.05) is 24.1 Å². The largest absolute Gasteiger partial charge is 0.445 e. The predicted molar refractivity (Wildman–Crippen MR) is 108 cm³/mol. The zero-order valence-corrected chi connectivity index (χ0v) is 16.8. The Morgan fingerprint density at radius 1 is 1.48 bits per heavy atom. The number of nitrogens with one attached hydrogen (secondary N) is 1. The number of ether oxygens (including phenoxy) is 1. The number of anilines is 2. The zero-order valence-electron chi connectivity index (χ0n) is 15.2. The molecule has 2 aromatic rings. The molecule has 4 rings (SSSR count). The Bertz CT molecular complexity index is 821. The summed E-state index contributed by atoms with van der Waals surface area (Å²) in [4.78, 5) is 16.3. The molecule has 0 saturated carbocycles. The first-order valence-corrected chi connectivity index (χ1v) is 10.4. The van der Waals surface area contributed by atoms with Crippen molar-refractivity contribution in [2.24, 2.45) is 0 Å². The van der Waals surface area contributed by atoms with Crippen molar-refractivity contribution in [3.8, 4) is 0 Å². The topological polar surface area (TPSA) is 61.5 Å². The number of aromatic nitrogens is 2. The number of aromatic amines is 1. The van der Waals surface area contributed by atoms with Gasteiger partial charge in [0.2, 0.25) is 0 Å². The van der Waals surface area contributed by atoms with Gasteiger partial charge in [0, 0.05) is 31.1 Å². The third-order valence-electron chi connectivity index (χ3n) is 5.52. The van der Waals surface area contributed by atoms with Crippen molar-refractivity contribution in [3.05, 3.63) is 40.9 Å². The Hall–Kier alpha value is -1.99. The van der Waals surface area contributed by atoms with E-state index in [2.05, 4.69) is 27.7 Å². The van der Waals surface area contributed by atoms with E-state index in [0.29, 0.717) is 5.92 Å². The van der Waals surface area contributed by atoms with E-state index in [1.54, 1.807) is 6.08 Å². The summed E-state index contributed by atoms with van der Waals surface area (Å²) >= 11 is 7.58. The first kappa shape index (κ1) is 18.4. The molecule has 2 atom stereocenters. The number of carbonyl (C=O) groups is 1. The van der Waals surface area contributed by atoms with Crippen LogP contribution in [0.4, 0.5) is 15.6 Å². The fraction of sp³-hybridized carbons (Fsp3) is 0.474. The normalized spacial score (nSPS) is 24.1. The minimum absolute atomic E-state index is 0.210. The maximum absolute atomic E-state index is 12.3. The second kappa shape index (κ2) is 7.56. The molecular formula is C19H23ClN4O2S. The molecule has 0 radical (unpaired) electrons. The lowest BCUT2D eigenvalue weighted by molar-refractivity contribution is 0.0723. The molecule has 1 N–H and O–H groups in total. The van der Waals surface area contributed by atoms with Crippen LogP contribution in [-0.4, -0.2) is 46.9 Å². The van der Waals surface area contributed by atoms with Crippen molar-refractivity contribution in [2.45, 2.75) is 43.7 Å². The molecule has 0 spiro atoms. The van der Waals surface area contributed by atoms with Gasteiger partial charge in [-0.05, 0) is 37.8 Å². The first-order valence-electron chi connectivity index (χ1n) is 9.17. The highest BCUT2D eigenvalue weighted by atomic mass is 35.5. The van der Waals surface area contributed by atoms with Crippen molar-refractivity contribution >= 4 is 39.8 Å². The lowest BCUT2D eigenvalue weighted by atomic mass is 9.88. The molecule has 144 valence electrons. The van der Waals surface area contributed by atoms with Crippen LogP contribution in [0.3, 0.4) is 0 Å². The van der Waals surface area contributed by atoms with Gasteiger partial charge in [-0.2, -0.15) is 5.10 Å². The number of thiophene rings is 1. The lowest BCUT2D eigenvalue weighted by Crippen LogP contribution is -2.46. The monoisotopic (exact) mass is 406 g/mol. The van der Waals surface area contributed by atoms with Crippen LogP contribution < -0.4 is 4.90 Å². The van der Waals surface area contributed by atoms with Gasteiger partial charge in [-0.15, -0.1) is 11.3 Å². The van der Waals surface area contributed by atoms with E-state index in [-0.39, 0.29) is 24.8 Å². The van der Waals surface area contributed by atoms with Crippen molar-refractivity contribution in [1.29, 1.82) is 0 Å². The van der Waals surface area contributed by atoms with Crippen LogP contribution >= 0.6 is 22.9 Å². The first-order chi connectivity index (χ1) is 13.1. The summed E-state index contributed by atoms with van der Waals surface area (Å²) in [6.45, 7) is 3.87. The molecule has 0 aliphatic carbocycles. The van der Waals surface area contributed by atoms with E-state index < -0.39 is 0 Å². The number of amides is 1. The number of H-pyrrole nitrogens is 1. The summed E-state index contributed by atoms with van der Waals surface area (Å²) in [5.74, 6) is 1.31. The molecule has 2 aliphatic heterocycles. The van der Waals surface area contributed by atoms with Gasteiger partial charge in [-0.25, -0.2) is 4.79 Å². The second-order valence-electron chi connectivity index (χ2n) is 7.14. The van der Waals surface area contributed by atoms with E-state index >= 15 is 0 Å². The molecule has 0 aromatic carbocycles. The van der Waals surface area contributed by atoms with Crippen molar-refractivity contribution in [2.75, 3.05) is 18.6 Å². The highest BCUT2D eigenvalue weighted by Crippen LogP contribution is 2.43. The highest BCUT2D eigenvalue weighted by molar-refractivity contribution is 7.20. The molecule has 6 nitrogen and oxygen atoms in total. The molecule has 8 heteroatoms. The number of rotatable bonds is 5. The Morgan fingerprint density at radius 2 is 2.22 bits per heavy atom. The summed E-state index contributed by atoms with van der Waals surface area (Å²) in [6.07, 6.45) is 5.33. The standard InChI is InChI=1S/C19H23ClN4O2S/c1-3-8-26-19(25)24-13-4-5-14(24)10-12(9-13)15-11-17(22-21-15)23(2)18-7-6-16(20)27-18/h3,6-7,11-14H,1,4-5,8-10H2,2H3,(H,21,22). The molecule has 2 saturated heterocycles. The van der Waals surface area contributed by atoms with Gasteiger partial charge >= 0.3 is 6.09 Å². The fourth-order valence-corrected chi connectivity index (χ4v) is 5.24. The number of carbonyl (C=O) groups excluding carboxylic acids is 1. The average molecular weight is 407 g/mol. The quantitative estimate of drug-likeness (QED) is 0.715. The maximum Gasteiger partial charge on any atom is 0.410 e. The molecule has 2 aromatic heterocycles. The predicted octanol–water partition coefficient (Wildman–Crippen LogP) is 4.93. The van der Waals surface area contributed by atoms with E-state index in [4.69, 9.17) is 16.3 Å². The SMILES string of the molecule is C=CCOC(=O)N1C2CCC1CC(c1cc(N(C)c3ccc(Cl)s3)[nH]n1)C2. The Labute approximate surface area is 167 Å². The average Bonchev–Trinajstić information content (AvgIpc) is 3.37. The molecule has 2 fully saturated rings. The maximum atomic E-state index is 12.3. The number of hydrogen-bond donors (Lipinski definition) is 1. The summed E-state index contributed by atoms with van der Waals surface area (Å²) in [5.41, 5.74) is 1.07. The van der Waals surface area contributed by atoms with Crippen LogP contribution in [0.15, 0.2) is 30.9 Å². The lowest BCUT2D eigenvalue weighted by Gasteiger charge is -2.37.